The van der Waals surface area contributed by atoms with Gasteiger partial charge in [-0.05, 0) is 25.1 Å². The van der Waals surface area contributed by atoms with Crippen LogP contribution in [0, 0.1) is 0 Å². The molecule has 0 saturated carbocycles. The first-order chi connectivity index (χ1) is 9.04. The van der Waals surface area contributed by atoms with Gasteiger partial charge in [0.25, 0.3) is 0 Å². The normalized spacial score (nSPS) is 12.2. The number of anilines is 1. The lowest BCUT2D eigenvalue weighted by molar-refractivity contribution is -0.115. The fraction of sp³-hybridized carbons (Fsp3) is 0.182. The fourth-order valence-corrected chi connectivity index (χ4v) is 2.58. The molecular formula is C11H10Cl2N4OS. The van der Waals surface area contributed by atoms with E-state index >= 15 is 0 Å². The van der Waals surface area contributed by atoms with Crippen molar-refractivity contribution in [2.24, 2.45) is 0 Å². The van der Waals surface area contributed by atoms with E-state index in [0.717, 1.165) is 0 Å². The van der Waals surface area contributed by atoms with Gasteiger partial charge in [0.15, 0.2) is 5.16 Å². The molecular weight excluding hydrogens is 307 g/mol. The maximum absolute atomic E-state index is 12.0. The Morgan fingerprint density at radius 2 is 2.05 bits per heavy atom. The minimum Gasteiger partial charge on any atom is -0.325 e. The van der Waals surface area contributed by atoms with Crippen LogP contribution in [0.5, 0.6) is 0 Å². The van der Waals surface area contributed by atoms with Crippen molar-refractivity contribution in [3.05, 3.63) is 34.6 Å². The molecule has 0 aliphatic rings. The molecule has 0 bridgehead atoms. The molecule has 0 aliphatic carbocycles. The van der Waals surface area contributed by atoms with Crippen molar-refractivity contribution in [2.75, 3.05) is 5.32 Å². The third kappa shape index (κ3) is 4.12. The SMILES string of the molecule is C[C@@H](Sc1ncn[nH]1)C(=O)Nc1cc(Cl)cc(Cl)c1. The monoisotopic (exact) mass is 316 g/mol. The van der Waals surface area contributed by atoms with Gasteiger partial charge >= 0.3 is 0 Å². The van der Waals surface area contributed by atoms with Crippen LogP contribution in [0.25, 0.3) is 0 Å². The largest absolute Gasteiger partial charge is 0.325 e. The summed E-state index contributed by atoms with van der Waals surface area (Å²) in [5, 5.41) is 10.4. The van der Waals surface area contributed by atoms with Crippen LogP contribution < -0.4 is 5.32 Å². The molecule has 1 atom stereocenters. The molecule has 2 aromatic rings. The Labute approximate surface area is 124 Å². The summed E-state index contributed by atoms with van der Waals surface area (Å²) in [6, 6.07) is 4.87. The number of hydrogen-bond acceptors (Lipinski definition) is 4. The van der Waals surface area contributed by atoms with E-state index in [0.29, 0.717) is 20.9 Å². The Bertz CT molecular complexity index is 556. The van der Waals surface area contributed by atoms with E-state index in [9.17, 15) is 4.79 Å². The highest BCUT2D eigenvalue weighted by molar-refractivity contribution is 8.00. The zero-order chi connectivity index (χ0) is 13.8. The lowest BCUT2D eigenvalue weighted by Crippen LogP contribution is -2.22. The number of nitrogens with zero attached hydrogens (tertiary/aromatic N) is 2. The summed E-state index contributed by atoms with van der Waals surface area (Å²) in [6.45, 7) is 1.77. The van der Waals surface area contributed by atoms with Crippen molar-refractivity contribution in [2.45, 2.75) is 17.3 Å². The number of nitrogens with one attached hydrogen (secondary N) is 2. The van der Waals surface area contributed by atoms with E-state index in [2.05, 4.69) is 20.5 Å². The van der Waals surface area contributed by atoms with Gasteiger partial charge in [0.05, 0.1) is 5.25 Å². The molecule has 5 nitrogen and oxygen atoms in total. The zero-order valence-corrected chi connectivity index (χ0v) is 12.2. The van der Waals surface area contributed by atoms with Gasteiger partial charge in [-0.15, -0.1) is 0 Å². The van der Waals surface area contributed by atoms with Crippen molar-refractivity contribution in [3.63, 3.8) is 0 Å². The Balaban J connectivity index is 2.00. The lowest BCUT2D eigenvalue weighted by atomic mass is 10.3. The third-order valence-corrected chi connectivity index (χ3v) is 3.60. The highest BCUT2D eigenvalue weighted by atomic mass is 35.5. The van der Waals surface area contributed by atoms with Gasteiger partial charge in [-0.1, -0.05) is 35.0 Å². The summed E-state index contributed by atoms with van der Waals surface area (Å²) in [7, 11) is 0. The molecule has 0 radical (unpaired) electrons. The van der Waals surface area contributed by atoms with Crippen LogP contribution in [0.1, 0.15) is 6.92 Å². The summed E-state index contributed by atoms with van der Waals surface area (Å²) in [4.78, 5) is 15.9. The maximum Gasteiger partial charge on any atom is 0.237 e. The van der Waals surface area contributed by atoms with Crippen molar-refractivity contribution in [3.8, 4) is 0 Å². The molecule has 8 heteroatoms. The van der Waals surface area contributed by atoms with Crippen LogP contribution in [0.4, 0.5) is 5.69 Å². The maximum atomic E-state index is 12.0. The minimum absolute atomic E-state index is 0.167. The molecule has 1 aromatic heterocycles. The molecule has 0 fully saturated rings. The van der Waals surface area contributed by atoms with E-state index in [4.69, 9.17) is 23.2 Å². The second-order valence-electron chi connectivity index (χ2n) is 3.70. The number of aromatic amines is 1. The predicted molar refractivity (Wildman–Crippen MR) is 76.8 cm³/mol. The molecule has 0 aliphatic heterocycles. The van der Waals surface area contributed by atoms with Gasteiger partial charge in [-0.25, -0.2) is 4.98 Å². The quantitative estimate of drug-likeness (QED) is 0.849. The van der Waals surface area contributed by atoms with Crippen LogP contribution in [0.2, 0.25) is 10.0 Å². The van der Waals surface area contributed by atoms with Crippen LogP contribution in [-0.2, 0) is 4.79 Å². The van der Waals surface area contributed by atoms with Gasteiger partial charge < -0.3 is 5.32 Å². The number of benzene rings is 1. The summed E-state index contributed by atoms with van der Waals surface area (Å²) in [6.07, 6.45) is 1.39. The molecule has 2 rings (SSSR count). The van der Waals surface area contributed by atoms with Crippen molar-refractivity contribution in [1.82, 2.24) is 15.2 Å². The standard InChI is InChI=1S/C11H10Cl2N4OS/c1-6(19-11-14-5-15-17-11)10(18)16-9-3-7(12)2-8(13)4-9/h2-6H,1H3,(H,16,18)(H,14,15,17)/t6-/m1/s1. The minimum atomic E-state index is -0.328. The number of carbonyl (C=O) groups excluding carboxylic acids is 1. The number of H-pyrrole nitrogens is 1. The second kappa shape index (κ2) is 6.27. The third-order valence-electron chi connectivity index (χ3n) is 2.18. The molecule has 2 N–H and O–H groups in total. The number of amides is 1. The molecule has 1 heterocycles. The second-order valence-corrected chi connectivity index (χ2v) is 5.90. The van der Waals surface area contributed by atoms with Crippen molar-refractivity contribution < 1.29 is 4.79 Å². The summed E-state index contributed by atoms with van der Waals surface area (Å²) < 4.78 is 0. The fourth-order valence-electron chi connectivity index (χ4n) is 1.34. The first-order valence-corrected chi connectivity index (χ1v) is 6.97. The Hall–Kier alpha value is -1.24. The number of thioether (sulfide) groups is 1. The Morgan fingerprint density at radius 3 is 2.63 bits per heavy atom. The molecule has 100 valence electrons. The van der Waals surface area contributed by atoms with E-state index in [1.807, 2.05) is 0 Å². The Morgan fingerprint density at radius 1 is 1.37 bits per heavy atom. The average Bonchev–Trinajstić information content (AvgIpc) is 2.80. The topological polar surface area (TPSA) is 70.7 Å². The molecule has 19 heavy (non-hydrogen) atoms. The number of rotatable bonds is 4. The first kappa shape index (κ1) is 14.2. The molecule has 1 aromatic carbocycles. The smallest absolute Gasteiger partial charge is 0.237 e. The van der Waals surface area contributed by atoms with Crippen LogP contribution in [-0.4, -0.2) is 26.3 Å². The zero-order valence-electron chi connectivity index (χ0n) is 9.85. The van der Waals surface area contributed by atoms with Crippen molar-refractivity contribution in [1.29, 1.82) is 0 Å². The molecule has 1 amide bonds. The first-order valence-electron chi connectivity index (χ1n) is 5.33. The lowest BCUT2D eigenvalue weighted by Gasteiger charge is -2.10. The highest BCUT2D eigenvalue weighted by Gasteiger charge is 2.16. The van der Waals surface area contributed by atoms with Gasteiger partial charge in [-0.3, -0.25) is 9.89 Å². The van der Waals surface area contributed by atoms with Crippen LogP contribution in [0.15, 0.2) is 29.7 Å². The van der Waals surface area contributed by atoms with Gasteiger partial charge in [-0.2, -0.15) is 5.10 Å². The number of aromatic nitrogens is 3. The molecule has 0 unspecified atom stereocenters. The van der Waals surface area contributed by atoms with Crippen LogP contribution in [0.3, 0.4) is 0 Å². The van der Waals surface area contributed by atoms with E-state index < -0.39 is 0 Å². The summed E-state index contributed by atoms with van der Waals surface area (Å²) in [5.74, 6) is -0.167. The summed E-state index contributed by atoms with van der Waals surface area (Å²) in [5.41, 5.74) is 0.563. The highest BCUT2D eigenvalue weighted by Crippen LogP contribution is 2.24. The van der Waals surface area contributed by atoms with Gasteiger partial charge in [0.1, 0.15) is 6.33 Å². The van der Waals surface area contributed by atoms with E-state index in [-0.39, 0.29) is 11.2 Å². The predicted octanol–water partition coefficient (Wildman–Crippen LogP) is 3.23. The van der Waals surface area contributed by atoms with Crippen molar-refractivity contribution >= 4 is 46.6 Å². The van der Waals surface area contributed by atoms with Gasteiger partial charge in [0, 0.05) is 15.7 Å². The van der Waals surface area contributed by atoms with Crippen LogP contribution >= 0.6 is 35.0 Å². The number of halogens is 2. The number of hydrogen-bond donors (Lipinski definition) is 2. The van der Waals surface area contributed by atoms with E-state index in [1.54, 1.807) is 25.1 Å². The van der Waals surface area contributed by atoms with Gasteiger partial charge in [0.2, 0.25) is 5.91 Å². The average molecular weight is 317 g/mol. The van der Waals surface area contributed by atoms with E-state index in [1.165, 1.54) is 18.1 Å². The number of carbonyl (C=O) groups is 1. The summed E-state index contributed by atoms with van der Waals surface area (Å²) >= 11 is 13.0. The molecule has 0 spiro atoms. The Kier molecular flexibility index (Phi) is 4.68. The molecule has 0 saturated heterocycles.